The van der Waals surface area contributed by atoms with E-state index in [1.165, 1.54) is 7.11 Å². The minimum atomic E-state index is -0.417. The van der Waals surface area contributed by atoms with Crippen molar-refractivity contribution < 1.29 is 28.6 Å². The van der Waals surface area contributed by atoms with Gasteiger partial charge in [-0.1, -0.05) is 47.5 Å². The molecular formula is C28H24Cl2N2O6S. The predicted octanol–water partition coefficient (Wildman–Crippen LogP) is 6.65. The van der Waals surface area contributed by atoms with Gasteiger partial charge in [-0.2, -0.15) is 0 Å². The summed E-state index contributed by atoms with van der Waals surface area (Å²) >= 11 is 12.9. The van der Waals surface area contributed by atoms with E-state index in [2.05, 4.69) is 5.32 Å². The van der Waals surface area contributed by atoms with Gasteiger partial charge in [0.1, 0.15) is 5.75 Å². The summed E-state index contributed by atoms with van der Waals surface area (Å²) in [6.45, 7) is 2.15. The van der Waals surface area contributed by atoms with Gasteiger partial charge in [-0.25, -0.2) is 0 Å². The maximum atomic E-state index is 12.9. The van der Waals surface area contributed by atoms with Crippen LogP contribution in [0.5, 0.6) is 17.2 Å². The number of nitrogens with zero attached hydrogens (tertiary/aromatic N) is 1. The summed E-state index contributed by atoms with van der Waals surface area (Å²) in [4.78, 5) is 39.4. The highest BCUT2D eigenvalue weighted by Gasteiger charge is 2.35. The minimum absolute atomic E-state index is 0.0755. The van der Waals surface area contributed by atoms with Crippen LogP contribution in [0.15, 0.2) is 65.6 Å². The lowest BCUT2D eigenvalue weighted by Crippen LogP contribution is -2.27. The van der Waals surface area contributed by atoms with Gasteiger partial charge in [0.05, 0.1) is 40.9 Å². The molecule has 1 aliphatic rings. The molecule has 0 radical (unpaired) electrons. The quantitative estimate of drug-likeness (QED) is 0.265. The second-order valence-corrected chi connectivity index (χ2v) is 10.0. The van der Waals surface area contributed by atoms with Crippen molar-refractivity contribution in [3.8, 4) is 17.2 Å². The number of ether oxygens (including phenoxy) is 3. The zero-order chi connectivity index (χ0) is 27.9. The number of para-hydroxylation sites is 2. The number of rotatable bonds is 10. The predicted molar refractivity (Wildman–Crippen MR) is 153 cm³/mol. The number of hydrogen-bond donors (Lipinski definition) is 1. The lowest BCUT2D eigenvalue weighted by molar-refractivity contribution is -0.123. The summed E-state index contributed by atoms with van der Waals surface area (Å²) in [5, 5.41) is 3.12. The van der Waals surface area contributed by atoms with Crippen LogP contribution >= 0.6 is 35.0 Å². The maximum Gasteiger partial charge on any atom is 0.293 e. The fraction of sp³-hybridized carbons (Fsp3) is 0.179. The highest BCUT2D eigenvalue weighted by molar-refractivity contribution is 8.18. The Bertz CT molecular complexity index is 1450. The van der Waals surface area contributed by atoms with Gasteiger partial charge in [0, 0.05) is 0 Å². The second kappa shape index (κ2) is 12.9. The number of hydrogen-bond acceptors (Lipinski definition) is 7. The van der Waals surface area contributed by atoms with Gasteiger partial charge in [0.25, 0.3) is 17.1 Å². The summed E-state index contributed by atoms with van der Waals surface area (Å²) in [7, 11) is 1.47. The van der Waals surface area contributed by atoms with Crippen LogP contribution in [0.2, 0.25) is 10.0 Å². The molecule has 1 fully saturated rings. The third-order valence-electron chi connectivity index (χ3n) is 5.50. The molecule has 0 spiro atoms. The Balaban J connectivity index is 1.41. The first-order valence-corrected chi connectivity index (χ1v) is 13.4. The molecule has 1 saturated heterocycles. The number of halogens is 2. The number of methoxy groups -OCH3 is 1. The Morgan fingerprint density at radius 3 is 2.51 bits per heavy atom. The highest BCUT2D eigenvalue weighted by Crippen LogP contribution is 2.36. The van der Waals surface area contributed by atoms with E-state index in [1.807, 2.05) is 13.0 Å². The van der Waals surface area contributed by atoms with Crippen LogP contribution in [0.3, 0.4) is 0 Å². The van der Waals surface area contributed by atoms with Crippen molar-refractivity contribution in [1.29, 1.82) is 0 Å². The molecule has 1 N–H and O–H groups in total. The van der Waals surface area contributed by atoms with Gasteiger partial charge in [-0.15, -0.1) is 0 Å². The van der Waals surface area contributed by atoms with E-state index in [0.717, 1.165) is 16.7 Å². The largest absolute Gasteiger partial charge is 0.493 e. The lowest BCUT2D eigenvalue weighted by atomic mass is 10.1. The van der Waals surface area contributed by atoms with Crippen LogP contribution in [0.25, 0.3) is 6.08 Å². The zero-order valence-electron chi connectivity index (χ0n) is 21.0. The fourth-order valence-electron chi connectivity index (χ4n) is 3.68. The van der Waals surface area contributed by atoms with Crippen LogP contribution in [-0.2, 0) is 16.1 Å². The van der Waals surface area contributed by atoms with Crippen LogP contribution in [-0.4, -0.2) is 42.3 Å². The number of imide groups is 1. The van der Waals surface area contributed by atoms with Gasteiger partial charge < -0.3 is 19.5 Å². The lowest BCUT2D eigenvalue weighted by Gasteiger charge is -2.13. The number of thioether (sulfide) groups is 1. The molecule has 0 unspecified atom stereocenters. The number of amides is 3. The molecular weight excluding hydrogens is 563 g/mol. The average molecular weight is 587 g/mol. The van der Waals surface area contributed by atoms with Crippen molar-refractivity contribution in [2.75, 3.05) is 25.6 Å². The SMILES string of the molecule is CCOc1ccccc1NC(=O)COc1ccc(/C=C2/SC(=O)N(Cc3ccc(Cl)c(Cl)c3)C2=O)cc1OC. The summed E-state index contributed by atoms with van der Waals surface area (Å²) in [6.07, 6.45) is 1.60. The number of benzene rings is 3. The van der Waals surface area contributed by atoms with Gasteiger partial charge in [0.2, 0.25) is 0 Å². The Kier molecular flexibility index (Phi) is 9.40. The number of nitrogens with one attached hydrogen (secondary N) is 1. The molecule has 0 aliphatic carbocycles. The molecule has 202 valence electrons. The average Bonchev–Trinajstić information content (AvgIpc) is 3.18. The van der Waals surface area contributed by atoms with Gasteiger partial charge >= 0.3 is 0 Å². The van der Waals surface area contributed by atoms with E-state index < -0.39 is 5.91 Å². The van der Waals surface area contributed by atoms with E-state index in [9.17, 15) is 14.4 Å². The highest BCUT2D eigenvalue weighted by atomic mass is 35.5. The Labute approximate surface area is 239 Å². The molecule has 39 heavy (non-hydrogen) atoms. The summed E-state index contributed by atoms with van der Waals surface area (Å²) in [6, 6.07) is 17.1. The van der Waals surface area contributed by atoms with Crippen LogP contribution in [0.1, 0.15) is 18.1 Å². The molecule has 8 nitrogen and oxygen atoms in total. The Morgan fingerprint density at radius 2 is 1.77 bits per heavy atom. The van der Waals surface area contributed by atoms with E-state index in [-0.39, 0.29) is 29.2 Å². The molecule has 0 saturated carbocycles. The van der Waals surface area contributed by atoms with Crippen molar-refractivity contribution in [3.05, 3.63) is 86.7 Å². The summed E-state index contributed by atoms with van der Waals surface area (Å²) in [5.74, 6) is 0.483. The van der Waals surface area contributed by atoms with Crippen molar-refractivity contribution >= 4 is 63.8 Å². The topological polar surface area (TPSA) is 94.2 Å². The first-order valence-electron chi connectivity index (χ1n) is 11.8. The minimum Gasteiger partial charge on any atom is -0.493 e. The Morgan fingerprint density at radius 1 is 0.974 bits per heavy atom. The molecule has 0 atom stereocenters. The van der Waals surface area contributed by atoms with E-state index >= 15 is 0 Å². The van der Waals surface area contributed by atoms with Crippen LogP contribution in [0.4, 0.5) is 10.5 Å². The monoisotopic (exact) mass is 586 g/mol. The van der Waals surface area contributed by atoms with Crippen LogP contribution in [0, 0.1) is 0 Å². The van der Waals surface area contributed by atoms with E-state index in [1.54, 1.807) is 60.7 Å². The van der Waals surface area contributed by atoms with Crippen molar-refractivity contribution in [3.63, 3.8) is 0 Å². The molecule has 3 aromatic carbocycles. The maximum absolute atomic E-state index is 12.9. The summed E-state index contributed by atoms with van der Waals surface area (Å²) < 4.78 is 16.6. The molecule has 3 amide bonds. The van der Waals surface area contributed by atoms with Crippen molar-refractivity contribution in [2.24, 2.45) is 0 Å². The normalized spacial score (nSPS) is 14.1. The fourth-order valence-corrected chi connectivity index (χ4v) is 4.84. The molecule has 3 aromatic rings. The summed E-state index contributed by atoms with van der Waals surface area (Å²) in [5.41, 5.74) is 1.85. The molecule has 11 heteroatoms. The van der Waals surface area contributed by atoms with Crippen molar-refractivity contribution in [2.45, 2.75) is 13.5 Å². The number of carbonyl (C=O) groups excluding carboxylic acids is 3. The smallest absolute Gasteiger partial charge is 0.293 e. The van der Waals surface area contributed by atoms with Crippen molar-refractivity contribution in [1.82, 2.24) is 4.90 Å². The van der Waals surface area contributed by atoms with E-state index in [0.29, 0.717) is 50.7 Å². The first-order chi connectivity index (χ1) is 18.8. The van der Waals surface area contributed by atoms with Gasteiger partial charge in [-0.05, 0) is 72.3 Å². The molecule has 1 heterocycles. The molecule has 4 rings (SSSR count). The molecule has 0 bridgehead atoms. The standard InChI is InChI=1S/C28H24Cl2N2O6S/c1-3-37-22-7-5-4-6-21(22)31-26(33)16-38-23-11-9-17(13-24(23)36-2)14-25-27(34)32(28(35)39-25)15-18-8-10-19(29)20(30)12-18/h4-14H,3,15-16H2,1-2H3,(H,31,33)/b25-14+. The van der Waals surface area contributed by atoms with Gasteiger partial charge in [0.15, 0.2) is 18.1 Å². The first kappa shape index (κ1) is 28.4. The van der Waals surface area contributed by atoms with E-state index in [4.69, 9.17) is 37.4 Å². The molecule has 1 aliphatic heterocycles. The van der Waals surface area contributed by atoms with Crippen LogP contribution < -0.4 is 19.5 Å². The van der Waals surface area contributed by atoms with Gasteiger partial charge in [-0.3, -0.25) is 19.3 Å². The third kappa shape index (κ3) is 7.06. The number of carbonyl (C=O) groups is 3. The Hall–Kier alpha value is -3.66. The zero-order valence-corrected chi connectivity index (χ0v) is 23.4. The third-order valence-corrected chi connectivity index (χ3v) is 7.15. The second-order valence-electron chi connectivity index (χ2n) is 8.19. The molecule has 0 aromatic heterocycles. The number of anilines is 1.